The van der Waals surface area contributed by atoms with Crippen molar-refractivity contribution in [2.45, 2.75) is 76.0 Å². The van der Waals surface area contributed by atoms with E-state index in [0.29, 0.717) is 10.8 Å². The van der Waals surface area contributed by atoms with Crippen LogP contribution in [-0.4, -0.2) is 89.6 Å². The van der Waals surface area contributed by atoms with Gasteiger partial charge in [0.25, 0.3) is 6.47 Å². The molecule has 4 aromatic rings. The highest BCUT2D eigenvalue weighted by atomic mass is 19.1. The van der Waals surface area contributed by atoms with Crippen LogP contribution in [0.2, 0.25) is 0 Å². The molecule has 270 valence electrons. The topological polar surface area (TPSA) is 119 Å². The molecule has 0 saturated carbocycles. The number of carbonyl (C=O) groups excluding carboxylic acids is 2. The van der Waals surface area contributed by atoms with Crippen LogP contribution in [-0.2, 0) is 16.0 Å². The first kappa shape index (κ1) is 34.7. The maximum absolute atomic E-state index is 17.2. The molecule has 3 atom stereocenters. The minimum absolute atomic E-state index is 0.0152. The average Bonchev–Trinajstić information content (AvgIpc) is 3.44. The fourth-order valence-electron chi connectivity index (χ4n) is 8.16. The summed E-state index contributed by atoms with van der Waals surface area (Å²) < 4.78 is 65.3. The molecule has 2 fully saturated rings. The smallest absolute Gasteiger partial charge is 0.407 e. The Morgan fingerprint density at radius 1 is 1.20 bits per heavy atom. The number of halogens is 3. The number of benzene rings is 2. The molecule has 6 heterocycles. The first-order chi connectivity index (χ1) is 24.5. The molecule has 11 nitrogen and oxygen atoms in total. The Hall–Kier alpha value is -4.72. The van der Waals surface area contributed by atoms with E-state index in [-0.39, 0.29) is 103 Å². The lowest BCUT2D eigenvalue weighted by atomic mass is 9.90. The molecule has 4 aliphatic rings. The van der Waals surface area contributed by atoms with Crippen LogP contribution in [0.25, 0.3) is 32.9 Å². The van der Waals surface area contributed by atoms with E-state index >= 15 is 13.2 Å². The highest BCUT2D eigenvalue weighted by molar-refractivity contribution is 6.02. The molecule has 2 aromatic carbocycles. The number of anilines is 1. The van der Waals surface area contributed by atoms with Crippen molar-refractivity contribution in [2.75, 3.05) is 44.8 Å². The van der Waals surface area contributed by atoms with E-state index in [0.717, 1.165) is 32.2 Å². The number of pyridine rings is 1. The van der Waals surface area contributed by atoms with Crippen LogP contribution < -0.4 is 19.7 Å². The number of hydrogen-bond acceptors (Lipinski definition) is 10. The molecule has 2 saturated heterocycles. The fraction of sp³-hybridized carbons (Fsp3) is 0.486. The molecule has 14 heteroatoms. The third-order valence-corrected chi connectivity index (χ3v) is 10.5. The van der Waals surface area contributed by atoms with E-state index in [2.05, 4.69) is 34.2 Å². The summed E-state index contributed by atoms with van der Waals surface area (Å²) >= 11 is 0. The third kappa shape index (κ3) is 6.61. The van der Waals surface area contributed by atoms with Gasteiger partial charge in [-0.15, -0.1) is 0 Å². The van der Waals surface area contributed by atoms with Gasteiger partial charge in [0.05, 0.1) is 29.6 Å². The number of likely N-dealkylation sites (tertiary alicyclic amines) is 1. The molecule has 0 spiro atoms. The van der Waals surface area contributed by atoms with Crippen molar-refractivity contribution in [3.05, 3.63) is 47.7 Å². The van der Waals surface area contributed by atoms with Crippen molar-refractivity contribution in [2.24, 2.45) is 0 Å². The molecular formula is C37H41F3N6O5. The third-order valence-electron chi connectivity index (χ3n) is 10.5. The van der Waals surface area contributed by atoms with Crippen LogP contribution in [0.4, 0.5) is 23.8 Å². The predicted octanol–water partition coefficient (Wildman–Crippen LogP) is 6.28. The number of hydrogen-bond donors (Lipinski definition) is 1. The molecule has 8 rings (SSSR count). The Kier molecular flexibility index (Phi) is 9.38. The summed E-state index contributed by atoms with van der Waals surface area (Å²) in [5.41, 5.74) is -1.19. The molecule has 3 unspecified atom stereocenters. The average molecular weight is 707 g/mol. The monoisotopic (exact) mass is 706 g/mol. The van der Waals surface area contributed by atoms with E-state index in [1.54, 1.807) is 17.9 Å². The van der Waals surface area contributed by atoms with Gasteiger partial charge in [0.1, 0.15) is 41.4 Å². The van der Waals surface area contributed by atoms with E-state index in [1.165, 1.54) is 24.4 Å². The summed E-state index contributed by atoms with van der Waals surface area (Å²) in [6.45, 7) is 5.26. The predicted molar refractivity (Wildman–Crippen MR) is 185 cm³/mol. The second-order valence-corrected chi connectivity index (χ2v) is 14.2. The van der Waals surface area contributed by atoms with Crippen LogP contribution in [0.1, 0.15) is 57.9 Å². The van der Waals surface area contributed by atoms with Crippen LogP contribution in [0.15, 0.2) is 30.5 Å². The van der Waals surface area contributed by atoms with Crippen molar-refractivity contribution in [1.29, 1.82) is 0 Å². The second kappa shape index (κ2) is 13.8. The van der Waals surface area contributed by atoms with Gasteiger partial charge in [0, 0.05) is 24.7 Å². The number of alkyl carbamates (subject to hydrolysis) is 1. The van der Waals surface area contributed by atoms with Gasteiger partial charge in [-0.1, -0.05) is 19.4 Å². The highest BCUT2D eigenvalue weighted by Gasteiger charge is 2.41. The van der Waals surface area contributed by atoms with E-state index in [9.17, 15) is 9.59 Å². The van der Waals surface area contributed by atoms with E-state index in [1.807, 2.05) is 0 Å². The zero-order valence-electron chi connectivity index (χ0n) is 28.9. The number of piperidine rings is 1. The van der Waals surface area contributed by atoms with Crippen molar-refractivity contribution in [3.8, 4) is 23.0 Å². The lowest BCUT2D eigenvalue weighted by molar-refractivity contribution is -0.120. The quantitative estimate of drug-likeness (QED) is 0.220. The number of alkyl halides is 1. The lowest BCUT2D eigenvalue weighted by Crippen LogP contribution is -2.60. The summed E-state index contributed by atoms with van der Waals surface area (Å²) in [7, 11) is 2.06. The molecule has 1 N–H and O–H groups in total. The van der Waals surface area contributed by atoms with E-state index in [4.69, 9.17) is 19.2 Å². The number of ether oxygens (including phenoxy) is 3. The maximum atomic E-state index is 17.2. The van der Waals surface area contributed by atoms with Crippen LogP contribution >= 0.6 is 0 Å². The van der Waals surface area contributed by atoms with Gasteiger partial charge in [-0.05, 0) is 87.2 Å². The summed E-state index contributed by atoms with van der Waals surface area (Å²) in [5, 5.41) is 3.86. The summed E-state index contributed by atoms with van der Waals surface area (Å²) in [4.78, 5) is 42.2. The van der Waals surface area contributed by atoms with Gasteiger partial charge in [0.15, 0.2) is 5.82 Å². The van der Waals surface area contributed by atoms with Gasteiger partial charge in [-0.2, -0.15) is 9.97 Å². The SMILES string of the molecule is CCCC1(COc2nc3c4cnc(c(F)c4n2)-c2cc(OC=O)cc4ccc(F)c(c24)CCCOC(=O)NC2(C)CC(F)CN3C2)CCCN1C. The Labute approximate surface area is 293 Å². The molecular weight excluding hydrogens is 665 g/mol. The van der Waals surface area contributed by atoms with Gasteiger partial charge in [0.2, 0.25) is 0 Å². The number of aromatic nitrogens is 3. The molecule has 4 aliphatic heterocycles. The lowest BCUT2D eigenvalue weighted by Gasteiger charge is -2.42. The van der Waals surface area contributed by atoms with Crippen LogP contribution in [0.3, 0.4) is 0 Å². The fourth-order valence-corrected chi connectivity index (χ4v) is 8.16. The number of amides is 1. The number of fused-ring (bicyclic) bond motifs is 6. The Morgan fingerprint density at radius 2 is 2.04 bits per heavy atom. The first-order valence-corrected chi connectivity index (χ1v) is 17.4. The largest absolute Gasteiger partial charge is 0.461 e. The van der Waals surface area contributed by atoms with Gasteiger partial charge in [-0.25, -0.2) is 18.0 Å². The number of nitrogens with zero attached hydrogens (tertiary/aromatic N) is 5. The Morgan fingerprint density at radius 3 is 2.80 bits per heavy atom. The molecule has 0 aliphatic carbocycles. The number of carbonyl (C=O) groups is 2. The summed E-state index contributed by atoms with van der Waals surface area (Å²) in [6.07, 6.45) is 3.43. The summed E-state index contributed by atoms with van der Waals surface area (Å²) in [6, 6.07) is 5.70. The van der Waals surface area contributed by atoms with E-state index < -0.39 is 29.4 Å². The highest BCUT2D eigenvalue weighted by Crippen LogP contribution is 2.41. The van der Waals surface area contributed by atoms with Gasteiger partial charge < -0.3 is 24.4 Å². The minimum Gasteiger partial charge on any atom is -0.461 e. The zero-order chi connectivity index (χ0) is 35.9. The van der Waals surface area contributed by atoms with Crippen molar-refractivity contribution in [1.82, 2.24) is 25.2 Å². The zero-order valence-corrected chi connectivity index (χ0v) is 28.9. The number of likely N-dealkylation sites (N-methyl/N-ethyl adjacent to an activating group) is 1. The molecule has 0 radical (unpaired) electrons. The number of rotatable bonds is 7. The summed E-state index contributed by atoms with van der Waals surface area (Å²) in [5.74, 6) is -1.08. The van der Waals surface area contributed by atoms with Gasteiger partial charge in [-0.3, -0.25) is 14.7 Å². The maximum Gasteiger partial charge on any atom is 0.407 e. The Balaban J connectivity index is 1.46. The minimum atomic E-state index is -1.37. The number of aryl methyl sites for hydroxylation is 1. The molecule has 2 aromatic heterocycles. The van der Waals surface area contributed by atoms with Crippen LogP contribution in [0, 0.1) is 11.6 Å². The Bertz CT molecular complexity index is 2000. The molecule has 1 amide bonds. The van der Waals surface area contributed by atoms with Crippen LogP contribution in [0.5, 0.6) is 11.8 Å². The molecule has 51 heavy (non-hydrogen) atoms. The van der Waals surface area contributed by atoms with Gasteiger partial charge >= 0.3 is 12.1 Å². The first-order valence-electron chi connectivity index (χ1n) is 17.4. The van der Waals surface area contributed by atoms with Crippen molar-refractivity contribution in [3.63, 3.8) is 0 Å². The number of nitrogens with one attached hydrogen (secondary N) is 1. The standard InChI is InChI=1S/C37H41F3N6O5/c1-4-10-37(11-6-12-45(37)3)20-50-34-42-32-27-17-41-31(30(32)40)26-15-24(51-21-47)14-22-8-9-28(39)25(29(22)26)7-5-13-49-35(48)44-36(2)16-23(38)18-46(19-36)33(27)43-34/h8-9,14-15,17,21,23H,4-7,10-13,16,18-20H2,1-3H3,(H,44,48). The van der Waals surface area contributed by atoms with Crippen molar-refractivity contribution < 1.29 is 37.0 Å². The second-order valence-electron chi connectivity index (χ2n) is 14.2. The molecule has 6 bridgehead atoms. The normalized spacial score (nSPS) is 24.1. The van der Waals surface area contributed by atoms with Crippen molar-refractivity contribution >= 4 is 40.1 Å².